The number of carbonyl (C=O) groups is 3. The summed E-state index contributed by atoms with van der Waals surface area (Å²) in [6.07, 6.45) is -0.691. The van der Waals surface area contributed by atoms with Gasteiger partial charge in [0.05, 0.1) is 25.3 Å². The normalized spacial score (nSPS) is 19.8. The number of likely N-dealkylation sites (N-methyl/N-ethyl adjacent to an activating group) is 1. The maximum atomic E-state index is 14.9. The SMILES string of the molecule is C=C(O)/C(O)=C1/C(=O)N(C(C(=O)NC)C(O)(O)C(O)(O)C=O)C/C1=C(/O)NCc1ccc(CN2CCOCC2)cc1F. The van der Waals surface area contributed by atoms with Crippen LogP contribution in [0.25, 0.3) is 0 Å². The Hall–Kier alpha value is -4.06. The summed E-state index contributed by atoms with van der Waals surface area (Å²) in [6.45, 7) is 4.90. The molecule has 0 spiro atoms. The zero-order valence-corrected chi connectivity index (χ0v) is 22.6. The number of carbonyl (C=O) groups excluding carboxylic acids is 3. The Labute approximate surface area is 239 Å². The molecule has 0 aromatic heterocycles. The van der Waals surface area contributed by atoms with Crippen LogP contribution in [0.2, 0.25) is 0 Å². The van der Waals surface area contributed by atoms with Crippen LogP contribution in [-0.4, -0.2) is 121 Å². The van der Waals surface area contributed by atoms with E-state index in [4.69, 9.17) is 4.74 Å². The number of halogens is 1. The second-order valence-electron chi connectivity index (χ2n) is 9.69. The molecule has 1 aromatic carbocycles. The largest absolute Gasteiger partial charge is 0.505 e. The van der Waals surface area contributed by atoms with Gasteiger partial charge in [-0.15, -0.1) is 0 Å². The lowest BCUT2D eigenvalue weighted by molar-refractivity contribution is -0.345. The molecule has 3 rings (SSSR count). The van der Waals surface area contributed by atoms with E-state index in [1.165, 1.54) is 12.1 Å². The minimum atomic E-state index is -4.01. The number of amides is 2. The summed E-state index contributed by atoms with van der Waals surface area (Å²) in [6, 6.07) is 1.88. The summed E-state index contributed by atoms with van der Waals surface area (Å²) >= 11 is 0. The zero-order valence-electron chi connectivity index (χ0n) is 22.6. The quantitative estimate of drug-likeness (QED) is 0.0578. The number of benzene rings is 1. The highest BCUT2D eigenvalue weighted by Crippen LogP contribution is 2.34. The number of nitrogens with zero attached hydrogens (tertiary/aromatic N) is 2. The van der Waals surface area contributed by atoms with Crippen molar-refractivity contribution in [2.45, 2.75) is 30.7 Å². The van der Waals surface area contributed by atoms with Gasteiger partial charge in [0.15, 0.2) is 29.7 Å². The number of aliphatic hydroxyl groups is 7. The van der Waals surface area contributed by atoms with Crippen LogP contribution in [0.5, 0.6) is 0 Å². The smallest absolute Gasteiger partial charge is 0.279 e. The van der Waals surface area contributed by atoms with Gasteiger partial charge >= 0.3 is 0 Å². The van der Waals surface area contributed by atoms with Gasteiger partial charge in [-0.1, -0.05) is 18.7 Å². The van der Waals surface area contributed by atoms with Crippen LogP contribution in [-0.2, 0) is 32.2 Å². The van der Waals surface area contributed by atoms with Crippen molar-refractivity contribution < 1.29 is 59.3 Å². The fourth-order valence-electron chi connectivity index (χ4n) is 4.49. The highest BCUT2D eigenvalue weighted by Gasteiger charge is 2.60. The molecular formula is C26H33FN4O11. The van der Waals surface area contributed by atoms with Crippen LogP contribution in [0.4, 0.5) is 4.39 Å². The van der Waals surface area contributed by atoms with Crippen molar-refractivity contribution in [2.24, 2.45) is 0 Å². The third-order valence-corrected chi connectivity index (χ3v) is 6.87. The molecule has 0 aliphatic carbocycles. The second-order valence-corrected chi connectivity index (χ2v) is 9.69. The Kier molecular flexibility index (Phi) is 9.93. The van der Waals surface area contributed by atoms with E-state index in [1.54, 1.807) is 6.07 Å². The van der Waals surface area contributed by atoms with E-state index in [-0.39, 0.29) is 12.1 Å². The second kappa shape index (κ2) is 12.8. The fourth-order valence-corrected chi connectivity index (χ4v) is 4.49. The molecular weight excluding hydrogens is 563 g/mol. The molecule has 15 nitrogen and oxygen atoms in total. The Bertz CT molecular complexity index is 1300. The number of aliphatic hydroxyl groups excluding tert-OH is 3. The number of rotatable bonds is 11. The molecule has 9 N–H and O–H groups in total. The molecule has 1 aromatic rings. The Morgan fingerprint density at radius 2 is 1.83 bits per heavy atom. The first kappa shape index (κ1) is 32.5. The summed E-state index contributed by atoms with van der Waals surface area (Å²) in [5.41, 5.74) is -0.578. The number of likely N-dealkylation sites (tertiary alicyclic amines) is 1. The van der Waals surface area contributed by atoms with E-state index >= 15 is 0 Å². The number of aldehydes is 1. The van der Waals surface area contributed by atoms with E-state index in [0.717, 1.165) is 7.05 Å². The van der Waals surface area contributed by atoms with Gasteiger partial charge in [0.1, 0.15) is 5.82 Å². The summed E-state index contributed by atoms with van der Waals surface area (Å²) in [7, 11) is 1.00. The van der Waals surface area contributed by atoms with E-state index in [1.807, 2.05) is 5.32 Å². The monoisotopic (exact) mass is 596 g/mol. The Balaban J connectivity index is 1.93. The molecule has 2 heterocycles. The fraction of sp³-hybridized carbons (Fsp3) is 0.423. The van der Waals surface area contributed by atoms with Crippen molar-refractivity contribution in [3.05, 3.63) is 70.3 Å². The van der Waals surface area contributed by atoms with Gasteiger partial charge in [0.2, 0.25) is 5.91 Å². The van der Waals surface area contributed by atoms with Gasteiger partial charge in [-0.25, -0.2) is 4.39 Å². The minimum Gasteiger partial charge on any atom is -0.505 e. The summed E-state index contributed by atoms with van der Waals surface area (Å²) in [4.78, 5) is 39.4. The van der Waals surface area contributed by atoms with Gasteiger partial charge < -0.3 is 56.0 Å². The number of hydrogen-bond acceptors (Lipinski definition) is 13. The van der Waals surface area contributed by atoms with Crippen molar-refractivity contribution in [3.8, 4) is 0 Å². The van der Waals surface area contributed by atoms with E-state index in [9.17, 15) is 54.5 Å². The zero-order chi connectivity index (χ0) is 31.4. The van der Waals surface area contributed by atoms with Crippen LogP contribution in [0.1, 0.15) is 11.1 Å². The highest BCUT2D eigenvalue weighted by atomic mass is 19.1. The summed E-state index contributed by atoms with van der Waals surface area (Å²) in [5.74, 6) is -14.5. The number of hydrogen-bond donors (Lipinski definition) is 9. The summed E-state index contributed by atoms with van der Waals surface area (Å²) in [5, 5.41) is 75.9. The van der Waals surface area contributed by atoms with Crippen LogP contribution in [0.15, 0.2) is 53.3 Å². The summed E-state index contributed by atoms with van der Waals surface area (Å²) < 4.78 is 20.2. The standard InChI is InChI=1S/C26H33FN4O11/c1-14(33)20(34)19-17(12-31(24(19)37)21(23(36)28-2)26(40,41)25(38,39)13-32)22(35)29-10-16-4-3-15(9-18(16)27)11-30-5-7-42-8-6-30/h3-4,9,13,21,29,33-35,38-41H,1,5-8,10-12H2,2H3,(H,28,36)/b20-19-,22-17-. The predicted molar refractivity (Wildman–Crippen MR) is 140 cm³/mol. The average molecular weight is 597 g/mol. The van der Waals surface area contributed by atoms with Crippen LogP contribution in [0.3, 0.4) is 0 Å². The number of ether oxygens (including phenoxy) is 1. The molecule has 0 bridgehead atoms. The van der Waals surface area contributed by atoms with Crippen molar-refractivity contribution in [3.63, 3.8) is 0 Å². The average Bonchev–Trinajstić information content (AvgIpc) is 3.28. The van der Waals surface area contributed by atoms with E-state index in [2.05, 4.69) is 16.8 Å². The predicted octanol–water partition coefficient (Wildman–Crippen LogP) is -2.08. The lowest BCUT2D eigenvalue weighted by Gasteiger charge is -2.40. The lowest BCUT2D eigenvalue weighted by Crippen LogP contribution is -2.70. The van der Waals surface area contributed by atoms with Crippen molar-refractivity contribution in [2.75, 3.05) is 39.9 Å². The van der Waals surface area contributed by atoms with Gasteiger partial charge in [0.25, 0.3) is 17.5 Å². The number of morpholine rings is 1. The molecule has 16 heteroatoms. The Morgan fingerprint density at radius 3 is 2.38 bits per heavy atom. The van der Waals surface area contributed by atoms with Crippen molar-refractivity contribution >= 4 is 18.1 Å². The molecule has 1 unspecified atom stereocenters. The molecule has 1 atom stereocenters. The maximum absolute atomic E-state index is 14.9. The first-order valence-corrected chi connectivity index (χ1v) is 12.6. The van der Waals surface area contributed by atoms with Crippen molar-refractivity contribution in [1.29, 1.82) is 0 Å². The molecule has 2 fully saturated rings. The number of nitrogens with one attached hydrogen (secondary N) is 2. The van der Waals surface area contributed by atoms with Crippen LogP contribution >= 0.6 is 0 Å². The molecule has 230 valence electrons. The molecule has 0 saturated carbocycles. The van der Waals surface area contributed by atoms with Crippen LogP contribution in [0, 0.1) is 5.82 Å². The molecule has 2 amide bonds. The van der Waals surface area contributed by atoms with Gasteiger partial charge in [0, 0.05) is 44.4 Å². The highest BCUT2D eigenvalue weighted by molar-refractivity contribution is 6.05. The first-order chi connectivity index (χ1) is 19.7. The van der Waals surface area contributed by atoms with E-state index in [0.29, 0.717) is 43.3 Å². The molecule has 42 heavy (non-hydrogen) atoms. The Morgan fingerprint density at radius 1 is 1.19 bits per heavy atom. The van der Waals surface area contributed by atoms with E-state index < -0.39 is 76.6 Å². The van der Waals surface area contributed by atoms with Gasteiger partial charge in [-0.2, -0.15) is 0 Å². The lowest BCUT2D eigenvalue weighted by atomic mass is 9.96. The van der Waals surface area contributed by atoms with Gasteiger partial charge in [-0.3, -0.25) is 19.3 Å². The third kappa shape index (κ3) is 6.53. The molecule has 2 saturated heterocycles. The first-order valence-electron chi connectivity index (χ1n) is 12.6. The van der Waals surface area contributed by atoms with Crippen LogP contribution < -0.4 is 10.6 Å². The van der Waals surface area contributed by atoms with Crippen molar-refractivity contribution in [1.82, 2.24) is 20.4 Å². The molecule has 0 radical (unpaired) electrons. The molecule has 2 aliphatic rings. The third-order valence-electron chi connectivity index (χ3n) is 6.87. The van der Waals surface area contributed by atoms with Gasteiger partial charge in [-0.05, 0) is 11.6 Å². The molecule has 2 aliphatic heterocycles. The maximum Gasteiger partial charge on any atom is 0.279 e. The minimum absolute atomic E-state index is 0.0969. The topological polar surface area (TPSA) is 233 Å².